The minimum absolute atomic E-state index is 0.254. The average Bonchev–Trinajstić information content (AvgIpc) is 2.16. The third-order valence-corrected chi connectivity index (χ3v) is 1.64. The van der Waals surface area contributed by atoms with Crippen molar-refractivity contribution in [3.05, 3.63) is 24.0 Å². The Balaban J connectivity index is 2.96. The zero-order chi connectivity index (χ0) is 9.84. The molecule has 2 atom stereocenters. The monoisotopic (exact) mass is 179 g/mol. The Labute approximate surface area is 75.1 Å². The number of pyridine rings is 1. The number of nitrogens with zero attached hydrogens (tertiary/aromatic N) is 2. The maximum atomic E-state index is 9.39. The third kappa shape index (κ3) is 1.93. The van der Waals surface area contributed by atoms with Crippen LogP contribution in [0.2, 0.25) is 0 Å². The summed E-state index contributed by atoms with van der Waals surface area (Å²) in [6.45, 7) is 0. The van der Waals surface area contributed by atoms with E-state index < -0.39 is 12.2 Å². The second-order valence-electron chi connectivity index (χ2n) is 2.52. The number of aromatic nitrogens is 1. The molecular formula is C8H9N3O2. The molecule has 0 bridgehead atoms. The van der Waals surface area contributed by atoms with E-state index in [1.165, 1.54) is 24.5 Å². The van der Waals surface area contributed by atoms with E-state index in [0.29, 0.717) is 5.56 Å². The summed E-state index contributed by atoms with van der Waals surface area (Å²) in [5.74, 6) is 0. The van der Waals surface area contributed by atoms with Crippen LogP contribution in [0.1, 0.15) is 11.7 Å². The van der Waals surface area contributed by atoms with Crippen molar-refractivity contribution in [3.8, 4) is 6.07 Å². The SMILES string of the molecule is N#CC(O)C(O)c1ccncc1N. The third-order valence-electron chi connectivity index (χ3n) is 1.64. The normalized spacial score (nSPS) is 14.5. The fourth-order valence-corrected chi connectivity index (χ4v) is 0.927. The molecule has 5 nitrogen and oxygen atoms in total. The van der Waals surface area contributed by atoms with Gasteiger partial charge in [0.25, 0.3) is 0 Å². The molecule has 0 aliphatic rings. The van der Waals surface area contributed by atoms with E-state index in [2.05, 4.69) is 4.98 Å². The van der Waals surface area contributed by atoms with Crippen LogP contribution in [0.25, 0.3) is 0 Å². The molecule has 0 amide bonds. The molecule has 1 heterocycles. The molecule has 0 saturated carbocycles. The summed E-state index contributed by atoms with van der Waals surface area (Å²) in [7, 11) is 0. The average molecular weight is 179 g/mol. The van der Waals surface area contributed by atoms with Crippen molar-refractivity contribution in [2.45, 2.75) is 12.2 Å². The van der Waals surface area contributed by atoms with Crippen LogP contribution in [0.3, 0.4) is 0 Å². The Morgan fingerprint density at radius 3 is 2.77 bits per heavy atom. The predicted molar refractivity (Wildman–Crippen MR) is 45.2 cm³/mol. The van der Waals surface area contributed by atoms with Gasteiger partial charge in [0, 0.05) is 11.8 Å². The highest BCUT2D eigenvalue weighted by Crippen LogP contribution is 2.21. The van der Waals surface area contributed by atoms with Crippen LogP contribution in [0, 0.1) is 11.3 Å². The molecule has 68 valence electrons. The van der Waals surface area contributed by atoms with Crippen molar-refractivity contribution in [1.82, 2.24) is 4.98 Å². The van der Waals surface area contributed by atoms with Gasteiger partial charge in [-0.3, -0.25) is 4.98 Å². The summed E-state index contributed by atoms with van der Waals surface area (Å²) in [5.41, 5.74) is 6.03. The number of rotatable bonds is 2. The molecule has 0 saturated heterocycles. The number of nitriles is 1. The summed E-state index contributed by atoms with van der Waals surface area (Å²) < 4.78 is 0. The van der Waals surface area contributed by atoms with E-state index in [0.717, 1.165) is 0 Å². The molecular weight excluding hydrogens is 170 g/mol. The van der Waals surface area contributed by atoms with Crippen LogP contribution in [0.5, 0.6) is 0 Å². The number of nitrogens with two attached hydrogens (primary N) is 1. The quantitative estimate of drug-likeness (QED) is 0.535. The first-order valence-electron chi connectivity index (χ1n) is 3.62. The van der Waals surface area contributed by atoms with E-state index in [1.54, 1.807) is 0 Å². The van der Waals surface area contributed by atoms with Gasteiger partial charge in [-0.15, -0.1) is 0 Å². The number of aliphatic hydroxyl groups is 2. The lowest BCUT2D eigenvalue weighted by atomic mass is 10.1. The van der Waals surface area contributed by atoms with Gasteiger partial charge in [-0.05, 0) is 6.07 Å². The first-order valence-corrected chi connectivity index (χ1v) is 3.62. The van der Waals surface area contributed by atoms with Crippen molar-refractivity contribution in [2.75, 3.05) is 5.73 Å². The van der Waals surface area contributed by atoms with E-state index in [4.69, 9.17) is 16.1 Å². The Morgan fingerprint density at radius 1 is 1.54 bits per heavy atom. The topological polar surface area (TPSA) is 103 Å². The molecule has 13 heavy (non-hydrogen) atoms. The highest BCUT2D eigenvalue weighted by atomic mass is 16.3. The van der Waals surface area contributed by atoms with Gasteiger partial charge in [0.2, 0.25) is 0 Å². The summed E-state index contributed by atoms with van der Waals surface area (Å²) in [6.07, 6.45) is 0.0273. The zero-order valence-corrected chi connectivity index (χ0v) is 6.75. The van der Waals surface area contributed by atoms with Gasteiger partial charge in [0.15, 0.2) is 6.10 Å². The number of hydrogen-bond donors (Lipinski definition) is 3. The Morgan fingerprint density at radius 2 is 2.23 bits per heavy atom. The summed E-state index contributed by atoms with van der Waals surface area (Å²) >= 11 is 0. The molecule has 1 rings (SSSR count). The minimum Gasteiger partial charge on any atom is -0.397 e. The van der Waals surface area contributed by atoms with Crippen LogP contribution >= 0.6 is 0 Å². The lowest BCUT2D eigenvalue weighted by molar-refractivity contribution is 0.0532. The second-order valence-corrected chi connectivity index (χ2v) is 2.52. The van der Waals surface area contributed by atoms with Gasteiger partial charge in [-0.2, -0.15) is 5.26 Å². The van der Waals surface area contributed by atoms with E-state index in [9.17, 15) is 5.11 Å². The Kier molecular flexibility index (Phi) is 2.80. The highest BCUT2D eigenvalue weighted by molar-refractivity contribution is 5.45. The number of aliphatic hydroxyl groups excluding tert-OH is 2. The van der Waals surface area contributed by atoms with Crippen LogP contribution in [-0.2, 0) is 0 Å². The molecule has 0 aromatic carbocycles. The number of hydrogen-bond acceptors (Lipinski definition) is 5. The van der Waals surface area contributed by atoms with Crippen molar-refractivity contribution >= 4 is 5.69 Å². The lowest BCUT2D eigenvalue weighted by Crippen LogP contribution is -2.17. The largest absolute Gasteiger partial charge is 0.397 e. The fraction of sp³-hybridized carbons (Fsp3) is 0.250. The number of anilines is 1. The number of nitrogen functional groups attached to an aromatic ring is 1. The van der Waals surface area contributed by atoms with E-state index in [-0.39, 0.29) is 5.69 Å². The van der Waals surface area contributed by atoms with Gasteiger partial charge in [0.05, 0.1) is 18.0 Å². The molecule has 1 aromatic heterocycles. The van der Waals surface area contributed by atoms with Gasteiger partial charge in [-0.25, -0.2) is 0 Å². The summed E-state index contributed by atoms with van der Waals surface area (Å²) in [4.78, 5) is 3.71. The molecule has 0 aliphatic carbocycles. The Hall–Kier alpha value is -1.64. The minimum atomic E-state index is -1.47. The molecule has 2 unspecified atom stereocenters. The molecule has 0 radical (unpaired) electrons. The van der Waals surface area contributed by atoms with Gasteiger partial charge >= 0.3 is 0 Å². The smallest absolute Gasteiger partial charge is 0.170 e. The second kappa shape index (κ2) is 3.85. The van der Waals surface area contributed by atoms with Crippen molar-refractivity contribution in [2.24, 2.45) is 0 Å². The van der Waals surface area contributed by atoms with E-state index >= 15 is 0 Å². The van der Waals surface area contributed by atoms with Gasteiger partial charge in [-0.1, -0.05) is 0 Å². The summed E-state index contributed by atoms with van der Waals surface area (Å²) in [5, 5.41) is 26.7. The van der Waals surface area contributed by atoms with Crippen LogP contribution in [0.4, 0.5) is 5.69 Å². The van der Waals surface area contributed by atoms with Crippen LogP contribution in [0.15, 0.2) is 18.5 Å². The van der Waals surface area contributed by atoms with Crippen LogP contribution in [-0.4, -0.2) is 21.3 Å². The molecule has 1 aromatic rings. The Bertz CT molecular complexity index is 334. The van der Waals surface area contributed by atoms with Crippen molar-refractivity contribution in [1.29, 1.82) is 5.26 Å². The zero-order valence-electron chi connectivity index (χ0n) is 6.75. The maximum Gasteiger partial charge on any atom is 0.170 e. The predicted octanol–water partition coefficient (Wildman–Crippen LogP) is -0.418. The van der Waals surface area contributed by atoms with Gasteiger partial charge < -0.3 is 15.9 Å². The van der Waals surface area contributed by atoms with Crippen LogP contribution < -0.4 is 5.73 Å². The molecule has 0 aliphatic heterocycles. The molecule has 0 fully saturated rings. The first-order chi connectivity index (χ1) is 6.16. The van der Waals surface area contributed by atoms with Crippen molar-refractivity contribution in [3.63, 3.8) is 0 Å². The van der Waals surface area contributed by atoms with Gasteiger partial charge in [0.1, 0.15) is 6.10 Å². The van der Waals surface area contributed by atoms with Crippen molar-refractivity contribution < 1.29 is 10.2 Å². The maximum absolute atomic E-state index is 9.39. The standard InChI is InChI=1S/C8H9N3O2/c9-3-7(12)8(13)5-1-2-11-4-6(5)10/h1-2,4,7-8,12-13H,10H2. The molecule has 5 heteroatoms. The molecule has 0 spiro atoms. The lowest BCUT2D eigenvalue weighted by Gasteiger charge is -2.13. The molecule has 4 N–H and O–H groups in total. The summed E-state index contributed by atoms with van der Waals surface area (Å²) in [6, 6.07) is 2.98. The fourth-order valence-electron chi connectivity index (χ4n) is 0.927. The highest BCUT2D eigenvalue weighted by Gasteiger charge is 2.19. The van der Waals surface area contributed by atoms with E-state index in [1.807, 2.05) is 0 Å². The first kappa shape index (κ1) is 9.45.